The van der Waals surface area contributed by atoms with Crippen LogP contribution in [0.1, 0.15) is 25.8 Å². The van der Waals surface area contributed by atoms with Crippen LogP contribution in [0.15, 0.2) is 35.9 Å². The SMILES string of the molecule is CCOC(=O)[C@@H]1CC(c2ccccc2)=C(C)[C@@H]1O. The topological polar surface area (TPSA) is 46.5 Å². The van der Waals surface area contributed by atoms with Gasteiger partial charge in [-0.2, -0.15) is 0 Å². The van der Waals surface area contributed by atoms with E-state index in [0.717, 1.165) is 16.7 Å². The van der Waals surface area contributed by atoms with E-state index in [9.17, 15) is 9.90 Å². The first-order valence-electron chi connectivity index (χ1n) is 6.25. The minimum absolute atomic E-state index is 0.310. The van der Waals surface area contributed by atoms with Crippen molar-refractivity contribution in [1.29, 1.82) is 0 Å². The van der Waals surface area contributed by atoms with Gasteiger partial charge in [-0.1, -0.05) is 30.3 Å². The van der Waals surface area contributed by atoms with Gasteiger partial charge in [0.2, 0.25) is 0 Å². The summed E-state index contributed by atoms with van der Waals surface area (Å²) in [5, 5.41) is 10.1. The number of aliphatic hydroxyl groups excluding tert-OH is 1. The third-order valence-electron chi connectivity index (χ3n) is 3.44. The van der Waals surface area contributed by atoms with Crippen LogP contribution in [0.3, 0.4) is 0 Å². The molecule has 96 valence electrons. The van der Waals surface area contributed by atoms with Crippen LogP contribution in [0.25, 0.3) is 5.57 Å². The number of esters is 1. The summed E-state index contributed by atoms with van der Waals surface area (Å²) in [7, 11) is 0. The Balaban J connectivity index is 2.22. The molecule has 0 aromatic heterocycles. The van der Waals surface area contributed by atoms with Crippen LogP contribution in [0.4, 0.5) is 0 Å². The predicted octanol–water partition coefficient (Wildman–Crippen LogP) is 2.40. The summed E-state index contributed by atoms with van der Waals surface area (Å²) < 4.78 is 5.00. The van der Waals surface area contributed by atoms with Gasteiger partial charge in [-0.3, -0.25) is 4.79 Å². The van der Waals surface area contributed by atoms with Gasteiger partial charge in [0, 0.05) is 0 Å². The van der Waals surface area contributed by atoms with Crippen molar-refractivity contribution in [1.82, 2.24) is 0 Å². The molecular weight excluding hydrogens is 228 g/mol. The van der Waals surface area contributed by atoms with Crippen molar-refractivity contribution in [3.05, 3.63) is 41.5 Å². The van der Waals surface area contributed by atoms with Crippen molar-refractivity contribution >= 4 is 11.5 Å². The fourth-order valence-corrected chi connectivity index (χ4v) is 2.42. The van der Waals surface area contributed by atoms with Crippen LogP contribution in [0, 0.1) is 5.92 Å². The molecule has 0 saturated heterocycles. The number of carbonyl (C=O) groups excluding carboxylic acids is 1. The second-order valence-electron chi connectivity index (χ2n) is 4.54. The highest BCUT2D eigenvalue weighted by molar-refractivity contribution is 5.82. The van der Waals surface area contributed by atoms with Crippen molar-refractivity contribution in [3.63, 3.8) is 0 Å². The van der Waals surface area contributed by atoms with Gasteiger partial charge in [0.1, 0.15) is 0 Å². The average molecular weight is 246 g/mol. The molecule has 1 aromatic rings. The normalized spacial score (nSPS) is 23.3. The molecule has 2 rings (SSSR count). The molecule has 0 bridgehead atoms. The number of ether oxygens (including phenoxy) is 1. The molecule has 0 radical (unpaired) electrons. The van der Waals surface area contributed by atoms with Crippen LogP contribution < -0.4 is 0 Å². The average Bonchev–Trinajstić information content (AvgIpc) is 2.68. The smallest absolute Gasteiger partial charge is 0.312 e. The maximum absolute atomic E-state index is 11.8. The van der Waals surface area contributed by atoms with Crippen LogP contribution in [0.5, 0.6) is 0 Å². The second-order valence-corrected chi connectivity index (χ2v) is 4.54. The molecule has 0 aliphatic heterocycles. The molecule has 0 spiro atoms. The lowest BCUT2D eigenvalue weighted by Gasteiger charge is -2.14. The maximum atomic E-state index is 11.8. The van der Waals surface area contributed by atoms with E-state index in [4.69, 9.17) is 4.74 Å². The zero-order valence-electron chi connectivity index (χ0n) is 10.7. The van der Waals surface area contributed by atoms with Crippen LogP contribution in [-0.2, 0) is 9.53 Å². The molecule has 0 amide bonds. The Bertz CT molecular complexity index is 462. The van der Waals surface area contributed by atoms with E-state index < -0.39 is 12.0 Å². The molecule has 0 fully saturated rings. The molecule has 1 aliphatic rings. The molecule has 0 heterocycles. The number of rotatable bonds is 3. The number of hydrogen-bond acceptors (Lipinski definition) is 3. The van der Waals surface area contributed by atoms with E-state index in [-0.39, 0.29) is 5.97 Å². The van der Waals surface area contributed by atoms with Gasteiger partial charge in [0.15, 0.2) is 0 Å². The quantitative estimate of drug-likeness (QED) is 0.833. The van der Waals surface area contributed by atoms with Gasteiger partial charge < -0.3 is 9.84 Å². The summed E-state index contributed by atoms with van der Waals surface area (Å²) in [6.45, 7) is 4.01. The zero-order valence-corrected chi connectivity index (χ0v) is 10.7. The van der Waals surface area contributed by atoms with Crippen LogP contribution >= 0.6 is 0 Å². The predicted molar refractivity (Wildman–Crippen MR) is 69.8 cm³/mol. The lowest BCUT2D eigenvalue weighted by Crippen LogP contribution is -2.26. The van der Waals surface area contributed by atoms with Gasteiger partial charge >= 0.3 is 5.97 Å². The van der Waals surface area contributed by atoms with Gasteiger partial charge in [-0.25, -0.2) is 0 Å². The van der Waals surface area contributed by atoms with E-state index in [0.29, 0.717) is 13.0 Å². The van der Waals surface area contributed by atoms with Gasteiger partial charge in [0.25, 0.3) is 0 Å². The number of allylic oxidation sites excluding steroid dienone is 1. The summed E-state index contributed by atoms with van der Waals surface area (Å²) in [5.41, 5.74) is 3.00. The lowest BCUT2D eigenvalue weighted by molar-refractivity contribution is -0.150. The van der Waals surface area contributed by atoms with Crippen molar-refractivity contribution in [2.45, 2.75) is 26.4 Å². The van der Waals surface area contributed by atoms with Crippen LogP contribution in [-0.4, -0.2) is 23.8 Å². The molecular formula is C15H18O3. The number of hydrogen-bond donors (Lipinski definition) is 1. The van der Waals surface area contributed by atoms with E-state index >= 15 is 0 Å². The molecule has 1 aromatic carbocycles. The number of benzene rings is 1. The Hall–Kier alpha value is -1.61. The zero-order chi connectivity index (χ0) is 13.1. The van der Waals surface area contributed by atoms with Crippen molar-refractivity contribution in [2.24, 2.45) is 5.92 Å². The highest BCUT2D eigenvalue weighted by atomic mass is 16.5. The first-order valence-corrected chi connectivity index (χ1v) is 6.25. The summed E-state index contributed by atoms with van der Waals surface area (Å²) >= 11 is 0. The molecule has 3 heteroatoms. The highest BCUT2D eigenvalue weighted by Crippen LogP contribution is 2.38. The molecule has 0 saturated carbocycles. The fraction of sp³-hybridized carbons (Fsp3) is 0.400. The third-order valence-corrected chi connectivity index (χ3v) is 3.44. The Labute approximate surface area is 107 Å². The van der Waals surface area contributed by atoms with Crippen LogP contribution in [0.2, 0.25) is 0 Å². The molecule has 18 heavy (non-hydrogen) atoms. The van der Waals surface area contributed by atoms with E-state index in [1.54, 1.807) is 6.92 Å². The minimum atomic E-state index is -0.723. The van der Waals surface area contributed by atoms with Crippen molar-refractivity contribution in [2.75, 3.05) is 6.61 Å². The lowest BCUT2D eigenvalue weighted by atomic mass is 10.0. The van der Waals surface area contributed by atoms with Gasteiger partial charge in [-0.05, 0) is 37.0 Å². The molecule has 1 N–H and O–H groups in total. The molecule has 3 nitrogen and oxygen atoms in total. The van der Waals surface area contributed by atoms with E-state index in [1.807, 2.05) is 37.3 Å². The Morgan fingerprint density at radius 3 is 2.67 bits per heavy atom. The molecule has 2 atom stereocenters. The monoisotopic (exact) mass is 246 g/mol. The number of aliphatic hydroxyl groups is 1. The molecule has 0 unspecified atom stereocenters. The van der Waals surface area contributed by atoms with Gasteiger partial charge in [0.05, 0.1) is 18.6 Å². The first kappa shape index (κ1) is 12.8. The first-order chi connectivity index (χ1) is 8.65. The number of carbonyl (C=O) groups is 1. The minimum Gasteiger partial charge on any atom is -0.466 e. The van der Waals surface area contributed by atoms with E-state index in [2.05, 4.69) is 0 Å². The standard InChI is InChI=1S/C15H18O3/c1-3-18-15(17)13-9-12(10(2)14(13)16)11-7-5-4-6-8-11/h4-8,13-14,16H,3,9H2,1-2H3/t13-,14+/m1/s1. The third kappa shape index (κ3) is 2.31. The second kappa shape index (κ2) is 5.36. The summed E-state index contributed by atoms with van der Waals surface area (Å²) in [6.07, 6.45) is -0.171. The summed E-state index contributed by atoms with van der Waals surface area (Å²) in [5.74, 6) is -0.768. The Kier molecular flexibility index (Phi) is 3.82. The fourth-order valence-electron chi connectivity index (χ4n) is 2.42. The summed E-state index contributed by atoms with van der Waals surface area (Å²) in [6, 6.07) is 9.87. The van der Waals surface area contributed by atoms with Crippen molar-refractivity contribution < 1.29 is 14.6 Å². The molecule has 1 aliphatic carbocycles. The highest BCUT2D eigenvalue weighted by Gasteiger charge is 2.37. The van der Waals surface area contributed by atoms with Gasteiger partial charge in [-0.15, -0.1) is 0 Å². The summed E-state index contributed by atoms with van der Waals surface area (Å²) in [4.78, 5) is 11.8. The maximum Gasteiger partial charge on any atom is 0.312 e. The Morgan fingerprint density at radius 2 is 2.06 bits per heavy atom. The van der Waals surface area contributed by atoms with Crippen molar-refractivity contribution in [3.8, 4) is 0 Å². The Morgan fingerprint density at radius 1 is 1.39 bits per heavy atom. The van der Waals surface area contributed by atoms with E-state index in [1.165, 1.54) is 0 Å². The largest absolute Gasteiger partial charge is 0.466 e.